The molecule has 0 radical (unpaired) electrons. The lowest BCUT2D eigenvalue weighted by atomic mass is 10.2. The van der Waals surface area contributed by atoms with Gasteiger partial charge >= 0.3 is 0 Å². The van der Waals surface area contributed by atoms with E-state index in [1.54, 1.807) is 7.11 Å². The number of oxazole rings is 1. The van der Waals surface area contributed by atoms with Crippen molar-refractivity contribution >= 4 is 15.9 Å². The van der Waals surface area contributed by atoms with E-state index in [1.165, 1.54) is 0 Å². The third-order valence-electron chi connectivity index (χ3n) is 2.92. The molecule has 0 saturated heterocycles. The van der Waals surface area contributed by atoms with Gasteiger partial charge in [-0.1, -0.05) is 15.9 Å². The van der Waals surface area contributed by atoms with Crippen molar-refractivity contribution in [1.82, 2.24) is 10.3 Å². The summed E-state index contributed by atoms with van der Waals surface area (Å²) in [5.74, 6) is 2.44. The highest BCUT2D eigenvalue weighted by atomic mass is 79.9. The summed E-state index contributed by atoms with van der Waals surface area (Å²) in [7, 11) is 1.67. The molecule has 0 fully saturated rings. The number of benzene rings is 1. The number of hydrogen-bond acceptors (Lipinski definition) is 4. The normalized spacial score (nSPS) is 10.7. The monoisotopic (exact) mass is 324 g/mol. The van der Waals surface area contributed by atoms with Crippen LogP contribution in [0.2, 0.25) is 0 Å². The highest BCUT2D eigenvalue weighted by molar-refractivity contribution is 9.10. The Bertz CT molecular complexity index is 547. The third-order valence-corrected chi connectivity index (χ3v) is 3.69. The van der Waals surface area contributed by atoms with Crippen LogP contribution in [-0.4, -0.2) is 12.1 Å². The minimum Gasteiger partial charge on any atom is -0.497 e. The summed E-state index contributed by atoms with van der Waals surface area (Å²) in [6.07, 6.45) is 0. The van der Waals surface area contributed by atoms with Gasteiger partial charge in [0.1, 0.15) is 11.5 Å². The van der Waals surface area contributed by atoms with E-state index in [1.807, 2.05) is 32.0 Å². The van der Waals surface area contributed by atoms with Gasteiger partial charge in [-0.25, -0.2) is 4.98 Å². The molecule has 0 atom stereocenters. The molecule has 19 heavy (non-hydrogen) atoms. The molecular weight excluding hydrogens is 308 g/mol. The van der Waals surface area contributed by atoms with Crippen molar-refractivity contribution in [3.05, 3.63) is 45.6 Å². The van der Waals surface area contributed by atoms with Gasteiger partial charge in [-0.05, 0) is 37.6 Å². The molecule has 1 aromatic heterocycles. The van der Waals surface area contributed by atoms with E-state index < -0.39 is 0 Å². The molecule has 0 unspecified atom stereocenters. The Balaban J connectivity index is 1.95. The lowest BCUT2D eigenvalue weighted by Gasteiger charge is -2.07. The summed E-state index contributed by atoms with van der Waals surface area (Å²) >= 11 is 3.53. The Morgan fingerprint density at radius 1 is 1.32 bits per heavy atom. The Hall–Kier alpha value is -1.33. The topological polar surface area (TPSA) is 47.3 Å². The van der Waals surface area contributed by atoms with E-state index in [0.29, 0.717) is 12.4 Å². The van der Waals surface area contributed by atoms with Crippen LogP contribution in [-0.2, 0) is 13.1 Å². The van der Waals surface area contributed by atoms with Crippen LogP contribution in [0, 0.1) is 13.8 Å². The van der Waals surface area contributed by atoms with Gasteiger partial charge < -0.3 is 14.5 Å². The largest absolute Gasteiger partial charge is 0.497 e. The van der Waals surface area contributed by atoms with Crippen LogP contribution in [0.1, 0.15) is 22.9 Å². The fourth-order valence-corrected chi connectivity index (χ4v) is 2.12. The first-order valence-electron chi connectivity index (χ1n) is 6.06. The molecule has 102 valence electrons. The lowest BCUT2D eigenvalue weighted by molar-refractivity contribution is 0.413. The second-order valence-corrected chi connectivity index (χ2v) is 5.16. The molecule has 2 rings (SSSR count). The maximum absolute atomic E-state index is 5.52. The SMILES string of the molecule is COc1ccc(Br)c(CNCc2nc(C)c(C)o2)c1. The highest BCUT2D eigenvalue weighted by Gasteiger charge is 2.06. The number of nitrogens with one attached hydrogen (secondary N) is 1. The lowest BCUT2D eigenvalue weighted by Crippen LogP contribution is -2.13. The Morgan fingerprint density at radius 2 is 2.11 bits per heavy atom. The van der Waals surface area contributed by atoms with Crippen LogP contribution in [0.15, 0.2) is 27.1 Å². The Kier molecular flexibility index (Phi) is 4.61. The molecule has 0 spiro atoms. The number of hydrogen-bond donors (Lipinski definition) is 1. The molecule has 4 nitrogen and oxygen atoms in total. The van der Waals surface area contributed by atoms with Gasteiger partial charge in [0.25, 0.3) is 0 Å². The van der Waals surface area contributed by atoms with Gasteiger partial charge in [-0.15, -0.1) is 0 Å². The first-order chi connectivity index (χ1) is 9.10. The first kappa shape index (κ1) is 14.1. The zero-order chi connectivity index (χ0) is 13.8. The van der Waals surface area contributed by atoms with Crippen LogP contribution >= 0.6 is 15.9 Å². The molecule has 1 N–H and O–H groups in total. The Morgan fingerprint density at radius 3 is 2.74 bits per heavy atom. The second kappa shape index (κ2) is 6.21. The summed E-state index contributed by atoms with van der Waals surface area (Å²) in [6.45, 7) is 5.20. The summed E-state index contributed by atoms with van der Waals surface area (Å²) in [4.78, 5) is 4.33. The van der Waals surface area contributed by atoms with E-state index in [0.717, 1.165) is 33.8 Å². The van der Waals surface area contributed by atoms with E-state index >= 15 is 0 Å². The van der Waals surface area contributed by atoms with Gasteiger partial charge in [0.2, 0.25) is 5.89 Å². The molecule has 1 aromatic carbocycles. The standard InChI is InChI=1S/C14H17BrN2O2/c1-9-10(2)19-14(17-9)8-16-7-11-6-12(18-3)4-5-13(11)15/h4-6,16H,7-8H2,1-3H3. The molecule has 1 heterocycles. The summed E-state index contributed by atoms with van der Waals surface area (Å²) < 4.78 is 11.8. The molecule has 0 amide bonds. The number of ether oxygens (including phenoxy) is 1. The number of halogens is 1. The smallest absolute Gasteiger partial charge is 0.208 e. The van der Waals surface area contributed by atoms with Crippen LogP contribution in [0.5, 0.6) is 5.75 Å². The van der Waals surface area contributed by atoms with E-state index in [2.05, 4.69) is 26.2 Å². The summed E-state index contributed by atoms with van der Waals surface area (Å²) in [6, 6.07) is 5.91. The number of methoxy groups -OCH3 is 1. The number of rotatable bonds is 5. The molecular formula is C14H17BrN2O2. The average molecular weight is 325 g/mol. The van der Waals surface area contributed by atoms with Crippen LogP contribution < -0.4 is 10.1 Å². The molecule has 0 saturated carbocycles. The van der Waals surface area contributed by atoms with Gasteiger partial charge in [0, 0.05) is 11.0 Å². The molecule has 2 aromatic rings. The number of nitrogens with zero attached hydrogens (tertiary/aromatic N) is 1. The fraction of sp³-hybridized carbons (Fsp3) is 0.357. The molecule has 5 heteroatoms. The van der Waals surface area contributed by atoms with Gasteiger partial charge in [0.05, 0.1) is 19.3 Å². The zero-order valence-corrected chi connectivity index (χ0v) is 12.9. The van der Waals surface area contributed by atoms with Gasteiger partial charge in [-0.3, -0.25) is 0 Å². The highest BCUT2D eigenvalue weighted by Crippen LogP contribution is 2.22. The van der Waals surface area contributed by atoms with Crippen molar-refractivity contribution < 1.29 is 9.15 Å². The molecule has 0 aliphatic rings. The average Bonchev–Trinajstić information content (AvgIpc) is 2.71. The number of aryl methyl sites for hydroxylation is 2. The van der Waals surface area contributed by atoms with Gasteiger partial charge in [-0.2, -0.15) is 0 Å². The number of aromatic nitrogens is 1. The van der Waals surface area contributed by atoms with Crippen molar-refractivity contribution in [3.8, 4) is 5.75 Å². The maximum atomic E-state index is 5.52. The van der Waals surface area contributed by atoms with Crippen molar-refractivity contribution in [2.75, 3.05) is 7.11 Å². The van der Waals surface area contributed by atoms with E-state index in [4.69, 9.17) is 9.15 Å². The quantitative estimate of drug-likeness (QED) is 0.916. The van der Waals surface area contributed by atoms with Crippen molar-refractivity contribution in [2.45, 2.75) is 26.9 Å². The summed E-state index contributed by atoms with van der Waals surface area (Å²) in [5, 5.41) is 3.31. The maximum Gasteiger partial charge on any atom is 0.208 e. The predicted octanol–water partition coefficient (Wildman–Crippen LogP) is 3.35. The first-order valence-corrected chi connectivity index (χ1v) is 6.85. The van der Waals surface area contributed by atoms with E-state index in [-0.39, 0.29) is 0 Å². The van der Waals surface area contributed by atoms with E-state index in [9.17, 15) is 0 Å². The second-order valence-electron chi connectivity index (χ2n) is 4.31. The van der Waals surface area contributed by atoms with Crippen LogP contribution in [0.4, 0.5) is 0 Å². The summed E-state index contributed by atoms with van der Waals surface area (Å²) in [5.41, 5.74) is 2.08. The third kappa shape index (κ3) is 3.58. The van der Waals surface area contributed by atoms with Crippen LogP contribution in [0.3, 0.4) is 0 Å². The zero-order valence-electron chi connectivity index (χ0n) is 11.3. The Labute approximate surface area is 121 Å². The fourth-order valence-electron chi connectivity index (χ4n) is 1.73. The van der Waals surface area contributed by atoms with Crippen molar-refractivity contribution in [1.29, 1.82) is 0 Å². The molecule has 0 aliphatic heterocycles. The predicted molar refractivity (Wildman–Crippen MR) is 77.2 cm³/mol. The van der Waals surface area contributed by atoms with Crippen molar-refractivity contribution in [3.63, 3.8) is 0 Å². The van der Waals surface area contributed by atoms with Crippen LogP contribution in [0.25, 0.3) is 0 Å². The minimum absolute atomic E-state index is 0.609. The van der Waals surface area contributed by atoms with Gasteiger partial charge in [0.15, 0.2) is 0 Å². The molecule has 0 aliphatic carbocycles. The minimum atomic E-state index is 0.609. The molecule has 0 bridgehead atoms. The van der Waals surface area contributed by atoms with Crippen molar-refractivity contribution in [2.24, 2.45) is 0 Å².